The van der Waals surface area contributed by atoms with Crippen molar-refractivity contribution in [2.45, 2.75) is 13.8 Å². The van der Waals surface area contributed by atoms with E-state index in [2.05, 4.69) is 0 Å². The quantitative estimate of drug-likeness (QED) is 0.844. The molecule has 0 saturated carbocycles. The highest BCUT2D eigenvalue weighted by Gasteiger charge is 2.15. The van der Waals surface area contributed by atoms with E-state index in [9.17, 15) is 14.3 Å². The fourth-order valence-corrected chi connectivity index (χ4v) is 2.27. The van der Waals surface area contributed by atoms with Crippen LogP contribution >= 0.6 is 0 Å². The highest BCUT2D eigenvalue weighted by molar-refractivity contribution is 5.96. The van der Waals surface area contributed by atoms with Gasteiger partial charge >= 0.3 is 5.97 Å². The Balaban J connectivity index is 2.55. The maximum Gasteiger partial charge on any atom is 0.337 e. The molecule has 0 unspecified atom stereocenters. The van der Waals surface area contributed by atoms with E-state index in [0.29, 0.717) is 23.5 Å². The fourth-order valence-electron chi connectivity index (χ4n) is 2.27. The van der Waals surface area contributed by atoms with Crippen LogP contribution in [0.4, 0.5) is 21.5 Å². The Bertz CT molecular complexity index is 686. The second-order valence-electron chi connectivity index (χ2n) is 4.75. The molecule has 0 fully saturated rings. The van der Waals surface area contributed by atoms with Crippen molar-refractivity contribution in [3.63, 3.8) is 0 Å². The van der Waals surface area contributed by atoms with E-state index >= 15 is 0 Å². The summed E-state index contributed by atoms with van der Waals surface area (Å²) < 4.78 is 13.4. The number of hydrogen-bond acceptors (Lipinski definition) is 3. The van der Waals surface area contributed by atoms with Gasteiger partial charge in [-0.3, -0.25) is 0 Å². The van der Waals surface area contributed by atoms with Gasteiger partial charge in [0.2, 0.25) is 0 Å². The number of nitrogens with zero attached hydrogens (tertiary/aromatic N) is 1. The normalized spacial score (nSPS) is 10.4. The molecule has 21 heavy (non-hydrogen) atoms. The first-order chi connectivity index (χ1) is 9.93. The molecule has 0 radical (unpaired) electrons. The molecule has 4 nitrogen and oxygen atoms in total. The van der Waals surface area contributed by atoms with Crippen LogP contribution in [0.25, 0.3) is 0 Å². The first-order valence-corrected chi connectivity index (χ1v) is 6.60. The predicted molar refractivity (Wildman–Crippen MR) is 81.6 cm³/mol. The van der Waals surface area contributed by atoms with Crippen molar-refractivity contribution >= 4 is 23.0 Å². The molecule has 0 spiro atoms. The lowest BCUT2D eigenvalue weighted by molar-refractivity contribution is 0.0698. The molecule has 0 bridgehead atoms. The first kappa shape index (κ1) is 14.8. The number of carboxylic acids is 1. The first-order valence-electron chi connectivity index (χ1n) is 6.60. The molecule has 0 atom stereocenters. The third-order valence-corrected chi connectivity index (χ3v) is 3.35. The van der Waals surface area contributed by atoms with Gasteiger partial charge in [-0.05, 0) is 49.7 Å². The monoisotopic (exact) mass is 288 g/mol. The summed E-state index contributed by atoms with van der Waals surface area (Å²) in [6, 6.07) is 9.49. The number of carboxylic acid groups (broad SMARTS) is 1. The van der Waals surface area contributed by atoms with E-state index in [1.165, 1.54) is 18.2 Å². The second kappa shape index (κ2) is 5.83. The third kappa shape index (κ3) is 2.97. The van der Waals surface area contributed by atoms with E-state index in [1.807, 2.05) is 11.8 Å². The third-order valence-electron chi connectivity index (χ3n) is 3.35. The number of nitrogen functional groups attached to an aromatic ring is 1. The molecular formula is C16H17FN2O2. The lowest BCUT2D eigenvalue weighted by atomic mass is 10.1. The molecule has 0 aliphatic carbocycles. The standard InChI is InChI=1S/C16H17FN2O2/c1-3-19(12-6-4-5-11(17)8-12)13-7-10(2)15(18)14(9-13)16(20)21/h4-9H,3,18H2,1-2H3,(H,20,21). The fraction of sp³-hybridized carbons (Fsp3) is 0.188. The van der Waals surface area contributed by atoms with Gasteiger partial charge in [0, 0.05) is 23.6 Å². The number of anilines is 3. The summed E-state index contributed by atoms with van der Waals surface area (Å²) in [7, 11) is 0. The number of nitrogens with two attached hydrogens (primary N) is 1. The van der Waals surface area contributed by atoms with Crippen molar-refractivity contribution in [2.75, 3.05) is 17.2 Å². The van der Waals surface area contributed by atoms with Crippen LogP contribution in [0, 0.1) is 12.7 Å². The van der Waals surface area contributed by atoms with Gasteiger partial charge in [0.05, 0.1) is 5.56 Å². The van der Waals surface area contributed by atoms with E-state index in [1.54, 1.807) is 25.1 Å². The number of aromatic carboxylic acids is 1. The van der Waals surface area contributed by atoms with Crippen LogP contribution in [0.1, 0.15) is 22.8 Å². The van der Waals surface area contributed by atoms with Crippen LogP contribution in [0.3, 0.4) is 0 Å². The van der Waals surface area contributed by atoms with Crippen LogP contribution in [-0.4, -0.2) is 17.6 Å². The van der Waals surface area contributed by atoms with Crippen molar-refractivity contribution < 1.29 is 14.3 Å². The Morgan fingerprint density at radius 3 is 2.57 bits per heavy atom. The molecule has 0 heterocycles. The molecule has 0 aliphatic heterocycles. The van der Waals surface area contributed by atoms with Crippen LogP contribution < -0.4 is 10.6 Å². The van der Waals surface area contributed by atoms with E-state index in [4.69, 9.17) is 5.73 Å². The largest absolute Gasteiger partial charge is 0.478 e. The van der Waals surface area contributed by atoms with Gasteiger partial charge in [-0.15, -0.1) is 0 Å². The molecule has 2 rings (SSSR count). The maximum atomic E-state index is 13.4. The van der Waals surface area contributed by atoms with Gasteiger partial charge in [0.25, 0.3) is 0 Å². The molecule has 2 aromatic carbocycles. The van der Waals surface area contributed by atoms with Crippen molar-refractivity contribution in [1.29, 1.82) is 0 Å². The number of benzene rings is 2. The van der Waals surface area contributed by atoms with Crippen LogP contribution in [0.15, 0.2) is 36.4 Å². The topological polar surface area (TPSA) is 66.6 Å². The molecule has 5 heteroatoms. The number of carbonyl (C=O) groups is 1. The average molecular weight is 288 g/mol. The van der Waals surface area contributed by atoms with Crippen LogP contribution in [0.5, 0.6) is 0 Å². The Labute approximate surface area is 122 Å². The average Bonchev–Trinajstić information content (AvgIpc) is 2.43. The Morgan fingerprint density at radius 1 is 1.29 bits per heavy atom. The van der Waals surface area contributed by atoms with Gasteiger partial charge in [0.15, 0.2) is 0 Å². The lowest BCUT2D eigenvalue weighted by Crippen LogP contribution is -2.17. The minimum Gasteiger partial charge on any atom is -0.478 e. The van der Waals surface area contributed by atoms with E-state index < -0.39 is 5.97 Å². The van der Waals surface area contributed by atoms with E-state index in [-0.39, 0.29) is 17.1 Å². The lowest BCUT2D eigenvalue weighted by Gasteiger charge is -2.24. The molecule has 0 aliphatic rings. The van der Waals surface area contributed by atoms with Crippen molar-refractivity contribution in [3.8, 4) is 0 Å². The van der Waals surface area contributed by atoms with Gasteiger partial charge in [-0.25, -0.2) is 9.18 Å². The smallest absolute Gasteiger partial charge is 0.337 e. The number of rotatable bonds is 4. The molecule has 2 aromatic rings. The van der Waals surface area contributed by atoms with Crippen molar-refractivity contribution in [2.24, 2.45) is 0 Å². The van der Waals surface area contributed by atoms with E-state index in [0.717, 1.165) is 0 Å². The van der Waals surface area contributed by atoms with Gasteiger partial charge in [-0.1, -0.05) is 6.07 Å². The van der Waals surface area contributed by atoms with Crippen LogP contribution in [0.2, 0.25) is 0 Å². The number of aryl methyl sites for hydroxylation is 1. The molecule has 0 saturated heterocycles. The number of halogens is 1. The number of hydrogen-bond donors (Lipinski definition) is 2. The molecule has 0 aromatic heterocycles. The highest BCUT2D eigenvalue weighted by atomic mass is 19.1. The van der Waals surface area contributed by atoms with Crippen molar-refractivity contribution in [3.05, 3.63) is 53.3 Å². The van der Waals surface area contributed by atoms with Crippen molar-refractivity contribution in [1.82, 2.24) is 0 Å². The molecule has 3 N–H and O–H groups in total. The van der Waals surface area contributed by atoms with Gasteiger partial charge in [-0.2, -0.15) is 0 Å². The summed E-state index contributed by atoms with van der Waals surface area (Å²) in [5, 5.41) is 9.23. The molecule has 0 amide bonds. The zero-order chi connectivity index (χ0) is 15.6. The SMILES string of the molecule is CCN(c1cccc(F)c1)c1cc(C)c(N)c(C(=O)O)c1. The van der Waals surface area contributed by atoms with Crippen LogP contribution in [-0.2, 0) is 0 Å². The van der Waals surface area contributed by atoms with Gasteiger partial charge in [0.1, 0.15) is 5.82 Å². The Hall–Kier alpha value is -2.56. The second-order valence-corrected chi connectivity index (χ2v) is 4.75. The summed E-state index contributed by atoms with van der Waals surface area (Å²) in [6.07, 6.45) is 0. The maximum absolute atomic E-state index is 13.4. The zero-order valence-electron chi connectivity index (χ0n) is 11.9. The summed E-state index contributed by atoms with van der Waals surface area (Å²) in [5.41, 5.74) is 8.12. The summed E-state index contributed by atoms with van der Waals surface area (Å²) in [6.45, 7) is 4.24. The zero-order valence-corrected chi connectivity index (χ0v) is 11.9. The minimum atomic E-state index is -1.08. The summed E-state index contributed by atoms with van der Waals surface area (Å²) >= 11 is 0. The molecular weight excluding hydrogens is 271 g/mol. The highest BCUT2D eigenvalue weighted by Crippen LogP contribution is 2.30. The Morgan fingerprint density at radius 2 is 2.00 bits per heavy atom. The predicted octanol–water partition coefficient (Wildman–Crippen LogP) is 3.57. The minimum absolute atomic E-state index is 0.0554. The molecule has 110 valence electrons. The Kier molecular flexibility index (Phi) is 4.12. The summed E-state index contributed by atoms with van der Waals surface area (Å²) in [4.78, 5) is 13.1. The van der Waals surface area contributed by atoms with Gasteiger partial charge < -0.3 is 15.7 Å². The summed E-state index contributed by atoms with van der Waals surface area (Å²) in [5.74, 6) is -1.41.